The van der Waals surface area contributed by atoms with Gasteiger partial charge >= 0.3 is 0 Å². The zero-order chi connectivity index (χ0) is 13.3. The SMILES string of the molecule is CC1(C)OCC(NCc2nnc3ccccn23)CO1. The topological polar surface area (TPSA) is 60.7 Å². The Balaban J connectivity index is 1.61. The monoisotopic (exact) mass is 262 g/mol. The summed E-state index contributed by atoms with van der Waals surface area (Å²) in [6.07, 6.45) is 1.96. The average Bonchev–Trinajstić information content (AvgIpc) is 2.81. The molecule has 19 heavy (non-hydrogen) atoms. The largest absolute Gasteiger partial charge is 0.349 e. The minimum atomic E-state index is -0.472. The van der Waals surface area contributed by atoms with Gasteiger partial charge in [0.15, 0.2) is 17.3 Å². The smallest absolute Gasteiger partial charge is 0.162 e. The fraction of sp³-hybridized carbons (Fsp3) is 0.538. The second-order valence-electron chi connectivity index (χ2n) is 5.14. The van der Waals surface area contributed by atoms with Crippen molar-refractivity contribution in [3.8, 4) is 0 Å². The number of hydrogen-bond acceptors (Lipinski definition) is 5. The van der Waals surface area contributed by atoms with Crippen molar-refractivity contribution >= 4 is 5.65 Å². The van der Waals surface area contributed by atoms with Crippen LogP contribution in [-0.2, 0) is 16.0 Å². The van der Waals surface area contributed by atoms with Crippen LogP contribution in [0.15, 0.2) is 24.4 Å². The maximum absolute atomic E-state index is 5.61. The maximum Gasteiger partial charge on any atom is 0.162 e. The fourth-order valence-corrected chi connectivity index (χ4v) is 2.06. The molecule has 0 bridgehead atoms. The molecule has 6 heteroatoms. The Labute approximate surface area is 111 Å². The van der Waals surface area contributed by atoms with Crippen molar-refractivity contribution in [2.24, 2.45) is 0 Å². The first-order valence-corrected chi connectivity index (χ1v) is 6.44. The Bertz CT molecular complexity index is 557. The van der Waals surface area contributed by atoms with Gasteiger partial charge in [0.25, 0.3) is 0 Å². The van der Waals surface area contributed by atoms with Crippen LogP contribution in [0.2, 0.25) is 0 Å². The summed E-state index contributed by atoms with van der Waals surface area (Å²) in [5, 5.41) is 11.7. The first-order valence-electron chi connectivity index (χ1n) is 6.44. The van der Waals surface area contributed by atoms with E-state index < -0.39 is 5.79 Å². The van der Waals surface area contributed by atoms with Gasteiger partial charge in [-0.05, 0) is 26.0 Å². The number of rotatable bonds is 3. The van der Waals surface area contributed by atoms with Crippen LogP contribution in [0.1, 0.15) is 19.7 Å². The summed E-state index contributed by atoms with van der Waals surface area (Å²) in [7, 11) is 0. The van der Waals surface area contributed by atoms with Gasteiger partial charge < -0.3 is 14.8 Å². The second-order valence-corrected chi connectivity index (χ2v) is 5.14. The van der Waals surface area contributed by atoms with Gasteiger partial charge in [-0.3, -0.25) is 4.40 Å². The van der Waals surface area contributed by atoms with Crippen molar-refractivity contribution in [1.82, 2.24) is 19.9 Å². The average molecular weight is 262 g/mol. The number of nitrogens with zero attached hydrogens (tertiary/aromatic N) is 3. The molecule has 2 aromatic heterocycles. The van der Waals surface area contributed by atoms with Crippen LogP contribution in [0.4, 0.5) is 0 Å². The zero-order valence-corrected chi connectivity index (χ0v) is 11.2. The van der Waals surface area contributed by atoms with E-state index in [0.29, 0.717) is 19.8 Å². The minimum Gasteiger partial charge on any atom is -0.349 e. The van der Waals surface area contributed by atoms with E-state index in [0.717, 1.165) is 11.5 Å². The van der Waals surface area contributed by atoms with Crippen molar-refractivity contribution in [3.63, 3.8) is 0 Å². The molecule has 1 aliphatic rings. The second kappa shape index (κ2) is 4.88. The molecule has 3 rings (SSSR count). The summed E-state index contributed by atoms with van der Waals surface area (Å²) in [6.45, 7) is 5.78. The summed E-state index contributed by atoms with van der Waals surface area (Å²) in [6, 6.07) is 6.04. The molecule has 102 valence electrons. The lowest BCUT2D eigenvalue weighted by molar-refractivity contribution is -0.253. The van der Waals surface area contributed by atoms with Gasteiger partial charge in [-0.15, -0.1) is 10.2 Å². The number of aromatic nitrogens is 3. The number of hydrogen-bond donors (Lipinski definition) is 1. The van der Waals surface area contributed by atoms with E-state index in [1.165, 1.54) is 0 Å². The highest BCUT2D eigenvalue weighted by molar-refractivity contribution is 5.36. The molecule has 0 aromatic carbocycles. The standard InChI is InChI=1S/C13H18N4O2/c1-13(2)18-8-10(9-19-13)14-7-12-16-15-11-5-3-4-6-17(11)12/h3-6,10,14H,7-9H2,1-2H3. The first kappa shape index (κ1) is 12.5. The highest BCUT2D eigenvalue weighted by atomic mass is 16.7. The summed E-state index contributed by atoms with van der Waals surface area (Å²) in [4.78, 5) is 0. The third-order valence-electron chi connectivity index (χ3n) is 3.20. The Morgan fingerprint density at radius 2 is 2.11 bits per heavy atom. The van der Waals surface area contributed by atoms with E-state index in [-0.39, 0.29) is 6.04 Å². The van der Waals surface area contributed by atoms with Gasteiger partial charge in [0, 0.05) is 6.20 Å². The molecule has 6 nitrogen and oxygen atoms in total. The number of pyridine rings is 1. The Morgan fingerprint density at radius 1 is 1.32 bits per heavy atom. The molecule has 0 spiro atoms. The molecule has 0 amide bonds. The predicted octanol–water partition coefficient (Wildman–Crippen LogP) is 0.970. The van der Waals surface area contributed by atoms with Gasteiger partial charge in [0.05, 0.1) is 25.8 Å². The highest BCUT2D eigenvalue weighted by Gasteiger charge is 2.28. The van der Waals surface area contributed by atoms with E-state index in [4.69, 9.17) is 9.47 Å². The van der Waals surface area contributed by atoms with E-state index >= 15 is 0 Å². The van der Waals surface area contributed by atoms with Crippen LogP contribution < -0.4 is 5.32 Å². The third kappa shape index (κ3) is 2.75. The van der Waals surface area contributed by atoms with Gasteiger partial charge in [-0.1, -0.05) is 6.07 Å². The van der Waals surface area contributed by atoms with E-state index in [2.05, 4.69) is 15.5 Å². The molecule has 0 unspecified atom stereocenters. The van der Waals surface area contributed by atoms with E-state index in [9.17, 15) is 0 Å². The van der Waals surface area contributed by atoms with Crippen molar-refractivity contribution < 1.29 is 9.47 Å². The molecule has 1 N–H and O–H groups in total. The minimum absolute atomic E-state index is 0.184. The quantitative estimate of drug-likeness (QED) is 0.893. The van der Waals surface area contributed by atoms with Gasteiger partial charge in [-0.25, -0.2) is 0 Å². The van der Waals surface area contributed by atoms with Crippen molar-refractivity contribution in [2.45, 2.75) is 32.2 Å². The number of ether oxygens (including phenoxy) is 2. The van der Waals surface area contributed by atoms with Crippen LogP contribution >= 0.6 is 0 Å². The molecular formula is C13H18N4O2. The summed E-state index contributed by atoms with van der Waals surface area (Å²) in [5.74, 6) is 0.417. The van der Waals surface area contributed by atoms with Crippen LogP contribution in [0.5, 0.6) is 0 Å². The molecule has 3 heterocycles. The fourth-order valence-electron chi connectivity index (χ4n) is 2.06. The van der Waals surface area contributed by atoms with E-state index in [1.807, 2.05) is 42.6 Å². The van der Waals surface area contributed by atoms with Crippen molar-refractivity contribution in [1.29, 1.82) is 0 Å². The molecule has 1 aliphatic heterocycles. The lowest BCUT2D eigenvalue weighted by atomic mass is 10.2. The van der Waals surface area contributed by atoms with Crippen LogP contribution in [-0.4, -0.2) is 39.6 Å². The molecular weight excluding hydrogens is 244 g/mol. The lowest BCUT2D eigenvalue weighted by Gasteiger charge is -2.35. The summed E-state index contributed by atoms with van der Waals surface area (Å²) >= 11 is 0. The normalized spacial score (nSPS) is 19.9. The summed E-state index contributed by atoms with van der Waals surface area (Å²) in [5.41, 5.74) is 0.858. The first-order chi connectivity index (χ1) is 9.14. The van der Waals surface area contributed by atoms with Gasteiger partial charge in [-0.2, -0.15) is 0 Å². The molecule has 0 aliphatic carbocycles. The molecule has 0 atom stereocenters. The molecule has 0 saturated carbocycles. The van der Waals surface area contributed by atoms with Crippen molar-refractivity contribution in [3.05, 3.63) is 30.2 Å². The maximum atomic E-state index is 5.61. The van der Waals surface area contributed by atoms with Gasteiger partial charge in [0.2, 0.25) is 0 Å². The number of fused-ring (bicyclic) bond motifs is 1. The van der Waals surface area contributed by atoms with Crippen molar-refractivity contribution in [2.75, 3.05) is 13.2 Å². The Hall–Kier alpha value is -1.50. The zero-order valence-electron chi connectivity index (χ0n) is 11.2. The van der Waals surface area contributed by atoms with Crippen LogP contribution in [0, 0.1) is 0 Å². The van der Waals surface area contributed by atoms with E-state index in [1.54, 1.807) is 0 Å². The lowest BCUT2D eigenvalue weighted by Crippen LogP contribution is -2.48. The van der Waals surface area contributed by atoms with Crippen LogP contribution in [0.25, 0.3) is 5.65 Å². The molecule has 1 fully saturated rings. The van der Waals surface area contributed by atoms with Gasteiger partial charge in [0.1, 0.15) is 0 Å². The molecule has 0 radical (unpaired) electrons. The molecule has 2 aromatic rings. The number of nitrogens with one attached hydrogen (secondary N) is 1. The Kier molecular flexibility index (Phi) is 3.22. The Morgan fingerprint density at radius 3 is 2.89 bits per heavy atom. The predicted molar refractivity (Wildman–Crippen MR) is 69.6 cm³/mol. The molecule has 1 saturated heterocycles. The highest BCUT2D eigenvalue weighted by Crippen LogP contribution is 2.17. The third-order valence-corrected chi connectivity index (χ3v) is 3.20. The summed E-state index contributed by atoms with van der Waals surface area (Å²) < 4.78 is 13.2. The van der Waals surface area contributed by atoms with Crippen LogP contribution in [0.3, 0.4) is 0 Å².